The van der Waals surface area contributed by atoms with Crippen LogP contribution in [0.2, 0.25) is 0 Å². The van der Waals surface area contributed by atoms with Gasteiger partial charge in [-0.25, -0.2) is 14.6 Å². The number of carbonyl (C=O) groups is 10. The molecule has 0 radical (unpaired) electrons. The number of benzene rings is 3. The van der Waals surface area contributed by atoms with Crippen molar-refractivity contribution in [1.29, 1.82) is 0 Å². The van der Waals surface area contributed by atoms with Crippen molar-refractivity contribution in [3.05, 3.63) is 126 Å². The molecule has 6 aliphatic rings. The third-order valence-corrected chi connectivity index (χ3v) is 17.9. The molecule has 5 aromatic rings. The molecule has 8 heterocycles. The number of amides is 11. The van der Waals surface area contributed by atoms with Crippen molar-refractivity contribution in [2.75, 3.05) is 85.6 Å². The van der Waals surface area contributed by atoms with E-state index < -0.39 is 77.1 Å². The number of imide groups is 2. The van der Waals surface area contributed by atoms with Crippen LogP contribution in [0.3, 0.4) is 0 Å². The highest BCUT2D eigenvalue weighted by Crippen LogP contribution is 2.46. The molecule has 3 fully saturated rings. The van der Waals surface area contributed by atoms with Gasteiger partial charge in [0.2, 0.25) is 35.4 Å². The SMILES string of the molecule is CC(C)[C@H](NC(=O)CCOCCN1C(=O)C=CC1=O)C(=O)N[C@@H](CCCNC(N)=O)C(=O)Nc1ccc(COC(=O)N2C[C@]3(C)C[C@@H](Oc4ccc(CN5CCN(c6ccc7c(c6)C(=O)N([C@H]6CCC(=O)NC6=O)C7)CC5)cn4)CN3c3cc(-c4ccccc4O)nnc32)cc1. The van der Waals surface area contributed by atoms with Crippen LogP contribution in [-0.4, -0.2) is 190 Å². The zero-order valence-corrected chi connectivity index (χ0v) is 53.5. The van der Waals surface area contributed by atoms with Crippen molar-refractivity contribution in [2.45, 2.75) is 109 Å². The van der Waals surface area contributed by atoms with Crippen LogP contribution in [0.1, 0.15) is 86.3 Å². The van der Waals surface area contributed by atoms with Crippen LogP contribution in [0.15, 0.2) is 103 Å². The van der Waals surface area contributed by atoms with E-state index >= 15 is 0 Å². The van der Waals surface area contributed by atoms with E-state index in [0.29, 0.717) is 72.1 Å². The van der Waals surface area contributed by atoms with E-state index in [2.05, 4.69) is 51.5 Å². The Labute approximate surface area is 553 Å². The molecule has 3 saturated heterocycles. The van der Waals surface area contributed by atoms with Crippen molar-refractivity contribution in [1.82, 2.24) is 51.1 Å². The molecule has 8 N–H and O–H groups in total. The van der Waals surface area contributed by atoms with Gasteiger partial charge in [0.25, 0.3) is 17.7 Å². The lowest BCUT2D eigenvalue weighted by atomic mass is 9.94. The molecule has 29 heteroatoms. The standard InChI is InChI=1S/C67H77N15O14/c1-40(2)59(73-55(85)22-29-94-30-28-79-57(86)20-21-58(79)87)63(90)72-49(8-6-23-69-65(68)92)61(88)71-44-14-10-41(11-15-44)38-95-66(93)81-39-67(3)33-46(37-82(67)52-32-50(75-76-60(52)81)47-7-4-5-9-53(47)83)96-56-19-12-42(34-70-56)35-77-24-26-78(27-25-77)45-16-13-43-36-80(64(91)48(43)31-45)51-17-18-54(84)74-62(51)89/h4-5,7,9-16,19-21,31-32,34,40,46,49,51,59,83H,6,8,17-18,22-30,33,35-39H2,1-3H3,(H,71,88)(H,72,90)(H,73,85)(H3,68,69,92)(H,74,84,89)/t46-,49+,51+,59+,67+/m1/s1. The Hall–Kier alpha value is -10.6. The summed E-state index contributed by atoms with van der Waals surface area (Å²) in [5.41, 5.74) is 10.3. The van der Waals surface area contributed by atoms with Gasteiger partial charge in [0.05, 0.1) is 49.8 Å². The Bertz CT molecular complexity index is 3830. The van der Waals surface area contributed by atoms with Gasteiger partial charge in [-0.3, -0.25) is 58.4 Å². The van der Waals surface area contributed by atoms with Crippen LogP contribution in [0.4, 0.5) is 32.5 Å². The molecular formula is C67H77N15O14. The fourth-order valence-corrected chi connectivity index (χ4v) is 12.8. The van der Waals surface area contributed by atoms with Crippen LogP contribution < -0.4 is 51.8 Å². The number of rotatable bonds is 25. The second-order valence-electron chi connectivity index (χ2n) is 25.2. The number of nitrogens with zero attached hydrogens (tertiary/aromatic N) is 9. The molecule has 96 heavy (non-hydrogen) atoms. The van der Waals surface area contributed by atoms with Crippen molar-refractivity contribution < 1.29 is 67.3 Å². The number of ether oxygens (including phenoxy) is 3. The first-order valence-electron chi connectivity index (χ1n) is 32.1. The van der Waals surface area contributed by atoms with E-state index in [-0.39, 0.29) is 94.6 Å². The van der Waals surface area contributed by atoms with E-state index in [1.54, 1.807) is 73.3 Å². The molecule has 0 aliphatic carbocycles. The fraction of sp³-hybridized carbons (Fsp3) is 0.418. The van der Waals surface area contributed by atoms with E-state index in [4.69, 9.17) is 24.9 Å². The maximum Gasteiger partial charge on any atom is 0.416 e. The van der Waals surface area contributed by atoms with Crippen molar-refractivity contribution in [3.8, 4) is 22.9 Å². The maximum atomic E-state index is 14.3. The second kappa shape index (κ2) is 29.4. The smallest absolute Gasteiger partial charge is 0.416 e. The molecule has 0 bridgehead atoms. The minimum atomic E-state index is -1.12. The Morgan fingerprint density at radius 3 is 2.33 bits per heavy atom. The largest absolute Gasteiger partial charge is 0.507 e. The minimum absolute atomic E-state index is 0.00683. The van der Waals surface area contributed by atoms with Gasteiger partial charge in [0.15, 0.2) is 5.82 Å². The zero-order chi connectivity index (χ0) is 67.8. The molecule has 29 nitrogen and oxygen atoms in total. The van der Waals surface area contributed by atoms with Crippen LogP contribution in [0.5, 0.6) is 11.6 Å². The number of phenols is 1. The Balaban J connectivity index is 0.682. The van der Waals surface area contributed by atoms with Gasteiger partial charge in [0.1, 0.15) is 36.6 Å². The number of hydrogen-bond donors (Lipinski definition) is 7. The number of pyridine rings is 1. The molecule has 0 saturated carbocycles. The Morgan fingerprint density at radius 1 is 0.854 bits per heavy atom. The minimum Gasteiger partial charge on any atom is -0.507 e. The summed E-state index contributed by atoms with van der Waals surface area (Å²) in [5, 5.41) is 33.0. The zero-order valence-electron chi connectivity index (χ0n) is 53.5. The number of phenolic OH excluding ortho intramolecular Hbond substituents is 1. The van der Waals surface area contributed by atoms with Gasteiger partial charge in [-0.05, 0) is 91.3 Å². The summed E-state index contributed by atoms with van der Waals surface area (Å²) in [4.78, 5) is 143. The van der Waals surface area contributed by atoms with Crippen molar-refractivity contribution in [3.63, 3.8) is 0 Å². The summed E-state index contributed by atoms with van der Waals surface area (Å²) in [6.07, 6.45) is 4.29. The number of aromatic nitrogens is 3. The van der Waals surface area contributed by atoms with Gasteiger partial charge in [-0.1, -0.05) is 50.2 Å². The predicted octanol–water partition coefficient (Wildman–Crippen LogP) is 3.24. The molecule has 3 aromatic carbocycles. The summed E-state index contributed by atoms with van der Waals surface area (Å²) in [6, 6.07) is 21.3. The first-order chi connectivity index (χ1) is 46.2. The van der Waals surface area contributed by atoms with E-state index in [9.17, 15) is 53.1 Å². The van der Waals surface area contributed by atoms with Gasteiger partial charge >= 0.3 is 12.1 Å². The molecule has 5 atom stereocenters. The van der Waals surface area contributed by atoms with Gasteiger partial charge in [-0.15, -0.1) is 10.2 Å². The van der Waals surface area contributed by atoms with Crippen LogP contribution >= 0.6 is 0 Å². The number of nitrogens with two attached hydrogens (primary N) is 1. The number of anilines is 4. The number of urea groups is 1. The quantitative estimate of drug-likeness (QED) is 0.0326. The highest BCUT2D eigenvalue weighted by molar-refractivity contribution is 6.13. The van der Waals surface area contributed by atoms with Crippen LogP contribution in [0.25, 0.3) is 11.3 Å². The normalized spacial score (nSPS) is 19.8. The first kappa shape index (κ1) is 66.9. The molecule has 0 unspecified atom stereocenters. The van der Waals surface area contributed by atoms with Crippen LogP contribution in [-0.2, 0) is 62.7 Å². The van der Waals surface area contributed by atoms with Crippen molar-refractivity contribution >= 4 is 82.3 Å². The molecule has 11 amide bonds. The summed E-state index contributed by atoms with van der Waals surface area (Å²) >= 11 is 0. The number of carbonyl (C=O) groups excluding carboxylic acids is 10. The molecule has 0 spiro atoms. The number of fused-ring (bicyclic) bond motifs is 4. The summed E-state index contributed by atoms with van der Waals surface area (Å²) in [6.45, 7) is 10.0. The topological polar surface area (TPSA) is 363 Å². The number of hydrogen-bond acceptors (Lipinski definition) is 20. The molecular weight excluding hydrogens is 1240 g/mol. The summed E-state index contributed by atoms with van der Waals surface area (Å²) in [5.74, 6) is -3.26. The monoisotopic (exact) mass is 1320 g/mol. The molecule has 11 rings (SSSR count). The third kappa shape index (κ3) is 15.6. The fourth-order valence-electron chi connectivity index (χ4n) is 12.8. The molecule has 504 valence electrons. The second-order valence-corrected chi connectivity index (χ2v) is 25.2. The molecule has 2 aromatic heterocycles. The summed E-state index contributed by atoms with van der Waals surface area (Å²) < 4.78 is 18.0. The van der Waals surface area contributed by atoms with Gasteiger partial charge in [0, 0.05) is 112 Å². The van der Waals surface area contributed by atoms with Crippen molar-refractivity contribution in [2.24, 2.45) is 11.7 Å². The average Bonchev–Trinajstić information content (AvgIpc) is 1.47. The van der Waals surface area contributed by atoms with E-state index in [1.807, 2.05) is 43.5 Å². The Kier molecular flexibility index (Phi) is 20.5. The average molecular weight is 1320 g/mol. The lowest BCUT2D eigenvalue weighted by molar-refractivity contribution is -0.139. The first-order valence-corrected chi connectivity index (χ1v) is 32.1. The number of piperazine rings is 1. The summed E-state index contributed by atoms with van der Waals surface area (Å²) in [7, 11) is 0. The number of nitrogens with one attached hydrogen (secondary N) is 5. The number of para-hydroxylation sites is 1. The number of piperidine rings is 1. The lowest BCUT2D eigenvalue weighted by Crippen LogP contribution is -2.56. The van der Waals surface area contributed by atoms with Gasteiger partial charge in [-0.2, -0.15) is 0 Å². The number of aromatic hydroxyl groups is 1. The predicted molar refractivity (Wildman–Crippen MR) is 348 cm³/mol. The Morgan fingerprint density at radius 2 is 1.61 bits per heavy atom. The highest BCUT2D eigenvalue weighted by Gasteiger charge is 2.51. The van der Waals surface area contributed by atoms with Gasteiger partial charge < -0.3 is 61.0 Å². The molecule has 6 aliphatic heterocycles. The van der Waals surface area contributed by atoms with Crippen LogP contribution in [0, 0.1) is 5.92 Å². The van der Waals surface area contributed by atoms with E-state index in [1.165, 1.54) is 17.1 Å². The third-order valence-electron chi connectivity index (χ3n) is 17.9. The van der Waals surface area contributed by atoms with E-state index in [0.717, 1.165) is 47.9 Å². The number of primary amides is 1. The lowest BCUT2D eigenvalue weighted by Gasteiger charge is -2.45. The highest BCUT2D eigenvalue weighted by atomic mass is 16.6. The maximum absolute atomic E-state index is 14.3.